The average molecular weight is 436 g/mol. The maximum absolute atomic E-state index is 12.8. The van der Waals surface area contributed by atoms with Crippen LogP contribution in [-0.2, 0) is 30.3 Å². The summed E-state index contributed by atoms with van der Waals surface area (Å²) in [5.41, 5.74) is 0.160. The molecule has 0 aliphatic carbocycles. The second kappa shape index (κ2) is 11.9. The molecule has 9 nitrogen and oxygen atoms in total. The maximum atomic E-state index is 12.8. The largest absolute Gasteiger partial charge is 0.467 e. The van der Waals surface area contributed by atoms with Gasteiger partial charge in [-0.25, -0.2) is 9.59 Å². The molecular formula is C22H33N3O6. The van der Waals surface area contributed by atoms with Gasteiger partial charge in [-0.05, 0) is 32.3 Å². The van der Waals surface area contributed by atoms with Crippen molar-refractivity contribution in [3.63, 3.8) is 0 Å². The second-order valence-corrected chi connectivity index (χ2v) is 8.42. The molecule has 31 heavy (non-hydrogen) atoms. The molecule has 1 aromatic carbocycles. The van der Waals surface area contributed by atoms with Gasteiger partial charge in [0.15, 0.2) is 0 Å². The summed E-state index contributed by atoms with van der Waals surface area (Å²) in [5, 5.41) is 7.59. The molecule has 0 saturated heterocycles. The van der Waals surface area contributed by atoms with E-state index in [0.29, 0.717) is 0 Å². The van der Waals surface area contributed by atoms with Crippen molar-refractivity contribution < 1.29 is 28.7 Å². The second-order valence-electron chi connectivity index (χ2n) is 8.42. The number of amides is 3. The number of hydrogen-bond acceptors (Lipinski definition) is 6. The fraction of sp³-hybridized carbons (Fsp3) is 0.545. The van der Waals surface area contributed by atoms with Crippen LogP contribution in [0.25, 0.3) is 0 Å². The average Bonchev–Trinajstić information content (AvgIpc) is 2.68. The highest BCUT2D eigenvalue weighted by atomic mass is 16.6. The summed E-state index contributed by atoms with van der Waals surface area (Å²) in [6.07, 6.45) is -0.486. The van der Waals surface area contributed by atoms with Crippen LogP contribution in [0.5, 0.6) is 0 Å². The molecule has 2 atom stereocenters. The van der Waals surface area contributed by atoms with E-state index in [-0.39, 0.29) is 18.9 Å². The van der Waals surface area contributed by atoms with E-state index in [2.05, 4.69) is 16.0 Å². The van der Waals surface area contributed by atoms with Crippen molar-refractivity contribution in [1.82, 2.24) is 16.0 Å². The Morgan fingerprint density at radius 2 is 1.61 bits per heavy atom. The van der Waals surface area contributed by atoms with Gasteiger partial charge in [-0.3, -0.25) is 9.59 Å². The summed E-state index contributed by atoms with van der Waals surface area (Å²) in [7, 11) is 1.25. The van der Waals surface area contributed by atoms with Crippen molar-refractivity contribution >= 4 is 23.9 Å². The van der Waals surface area contributed by atoms with Gasteiger partial charge in [-0.1, -0.05) is 44.2 Å². The van der Waals surface area contributed by atoms with E-state index in [0.717, 1.165) is 5.56 Å². The summed E-state index contributed by atoms with van der Waals surface area (Å²) < 4.78 is 9.88. The topological polar surface area (TPSA) is 123 Å². The molecule has 0 bridgehead atoms. The Morgan fingerprint density at radius 3 is 2.13 bits per heavy atom. The van der Waals surface area contributed by atoms with Gasteiger partial charge in [0, 0.05) is 6.42 Å². The fourth-order valence-electron chi connectivity index (χ4n) is 2.67. The van der Waals surface area contributed by atoms with E-state index >= 15 is 0 Å². The molecule has 0 spiro atoms. The van der Waals surface area contributed by atoms with E-state index in [1.165, 1.54) is 7.11 Å². The first-order valence-electron chi connectivity index (χ1n) is 10.1. The molecule has 0 saturated carbocycles. The number of nitrogens with one attached hydrogen (secondary N) is 3. The number of carbonyl (C=O) groups is 4. The number of benzene rings is 1. The standard InChI is InChI=1S/C22H33N3O6/c1-14(2)18(25-17(26)13-23-21(29)31-22(3,4)5)19(27)24-16(20(28)30-6)12-15-10-8-7-9-11-15/h7-11,14,16,18H,12-13H2,1-6H3,(H,23,29)(H,24,27)(H,25,26)/t16-,18+/m0/s1. The number of ether oxygens (including phenoxy) is 2. The van der Waals surface area contributed by atoms with E-state index in [1.54, 1.807) is 34.6 Å². The lowest BCUT2D eigenvalue weighted by atomic mass is 10.0. The van der Waals surface area contributed by atoms with Crippen molar-refractivity contribution in [1.29, 1.82) is 0 Å². The summed E-state index contributed by atoms with van der Waals surface area (Å²) >= 11 is 0. The van der Waals surface area contributed by atoms with Gasteiger partial charge in [0.2, 0.25) is 11.8 Å². The third-order valence-electron chi connectivity index (χ3n) is 4.14. The van der Waals surface area contributed by atoms with Gasteiger partial charge in [-0.2, -0.15) is 0 Å². The zero-order valence-corrected chi connectivity index (χ0v) is 19.0. The van der Waals surface area contributed by atoms with Crippen LogP contribution in [0.2, 0.25) is 0 Å². The van der Waals surface area contributed by atoms with E-state index in [9.17, 15) is 19.2 Å². The van der Waals surface area contributed by atoms with Crippen LogP contribution in [0, 0.1) is 5.92 Å². The summed E-state index contributed by atoms with van der Waals surface area (Å²) in [6.45, 7) is 8.29. The molecule has 0 radical (unpaired) electrons. The molecule has 9 heteroatoms. The third-order valence-corrected chi connectivity index (χ3v) is 4.14. The van der Waals surface area contributed by atoms with E-state index in [4.69, 9.17) is 9.47 Å². The molecule has 3 amide bonds. The van der Waals surface area contributed by atoms with Crippen molar-refractivity contribution in [3.05, 3.63) is 35.9 Å². The molecule has 0 aliphatic rings. The monoisotopic (exact) mass is 435 g/mol. The van der Waals surface area contributed by atoms with E-state index < -0.39 is 41.6 Å². The molecule has 0 aliphatic heterocycles. The Morgan fingerprint density at radius 1 is 1.00 bits per heavy atom. The Kier molecular flexibility index (Phi) is 9.98. The molecule has 172 valence electrons. The van der Waals surface area contributed by atoms with Crippen molar-refractivity contribution in [2.24, 2.45) is 5.92 Å². The Balaban J connectivity index is 2.74. The van der Waals surface area contributed by atoms with Crippen molar-refractivity contribution in [2.75, 3.05) is 13.7 Å². The molecule has 1 aromatic rings. The number of carbonyl (C=O) groups excluding carboxylic acids is 4. The lowest BCUT2D eigenvalue weighted by Gasteiger charge is -2.25. The predicted octanol–water partition coefficient (Wildman–Crippen LogP) is 1.55. The van der Waals surface area contributed by atoms with Crippen LogP contribution >= 0.6 is 0 Å². The van der Waals surface area contributed by atoms with Crippen LogP contribution in [0.3, 0.4) is 0 Å². The SMILES string of the molecule is COC(=O)[C@H](Cc1ccccc1)NC(=O)[C@H](NC(=O)CNC(=O)OC(C)(C)C)C(C)C. The highest BCUT2D eigenvalue weighted by Gasteiger charge is 2.29. The Hall–Kier alpha value is -3.10. The predicted molar refractivity (Wildman–Crippen MR) is 115 cm³/mol. The van der Waals surface area contributed by atoms with Crippen LogP contribution < -0.4 is 16.0 Å². The maximum Gasteiger partial charge on any atom is 0.408 e. The summed E-state index contributed by atoms with van der Waals surface area (Å²) in [5.74, 6) is -1.93. The van der Waals surface area contributed by atoms with Crippen LogP contribution in [-0.4, -0.2) is 55.2 Å². The quantitative estimate of drug-likeness (QED) is 0.506. The van der Waals surface area contributed by atoms with Crippen LogP contribution in [0.15, 0.2) is 30.3 Å². The number of hydrogen-bond donors (Lipinski definition) is 3. The minimum atomic E-state index is -0.907. The summed E-state index contributed by atoms with van der Waals surface area (Å²) in [4.78, 5) is 48.9. The lowest BCUT2D eigenvalue weighted by Crippen LogP contribution is -2.55. The van der Waals surface area contributed by atoms with Crippen LogP contribution in [0.1, 0.15) is 40.2 Å². The van der Waals surface area contributed by atoms with E-state index in [1.807, 2.05) is 30.3 Å². The van der Waals surface area contributed by atoms with Gasteiger partial charge in [0.05, 0.1) is 7.11 Å². The molecule has 0 fully saturated rings. The Bertz CT molecular complexity index is 758. The smallest absolute Gasteiger partial charge is 0.408 e. The molecular weight excluding hydrogens is 402 g/mol. The number of esters is 1. The first-order chi connectivity index (χ1) is 14.4. The fourth-order valence-corrected chi connectivity index (χ4v) is 2.67. The molecule has 0 heterocycles. The molecule has 0 unspecified atom stereocenters. The van der Waals surface area contributed by atoms with Crippen LogP contribution in [0.4, 0.5) is 4.79 Å². The molecule has 3 N–H and O–H groups in total. The molecule has 1 rings (SSSR count). The number of rotatable bonds is 9. The minimum Gasteiger partial charge on any atom is -0.467 e. The van der Waals surface area contributed by atoms with Gasteiger partial charge >= 0.3 is 12.1 Å². The lowest BCUT2D eigenvalue weighted by molar-refractivity contribution is -0.145. The van der Waals surface area contributed by atoms with Gasteiger partial charge in [-0.15, -0.1) is 0 Å². The van der Waals surface area contributed by atoms with Crippen molar-refractivity contribution in [2.45, 2.75) is 58.7 Å². The highest BCUT2D eigenvalue weighted by molar-refractivity contribution is 5.92. The Labute approximate surface area is 183 Å². The first-order valence-corrected chi connectivity index (χ1v) is 10.1. The number of alkyl carbamates (subject to hydrolysis) is 1. The van der Waals surface area contributed by atoms with Gasteiger partial charge in [0.1, 0.15) is 24.2 Å². The zero-order valence-electron chi connectivity index (χ0n) is 19.0. The third kappa shape index (κ3) is 9.97. The zero-order chi connectivity index (χ0) is 23.6. The number of methoxy groups -OCH3 is 1. The minimum absolute atomic E-state index is 0.248. The summed E-state index contributed by atoms with van der Waals surface area (Å²) in [6, 6.07) is 7.39. The van der Waals surface area contributed by atoms with Gasteiger partial charge < -0.3 is 25.4 Å². The first kappa shape index (κ1) is 25.9. The normalized spacial score (nSPS) is 13.0. The van der Waals surface area contributed by atoms with Crippen molar-refractivity contribution in [3.8, 4) is 0 Å². The highest BCUT2D eigenvalue weighted by Crippen LogP contribution is 2.08. The van der Waals surface area contributed by atoms with Gasteiger partial charge in [0.25, 0.3) is 0 Å². The molecule has 0 aromatic heterocycles.